The number of fused-ring (bicyclic) bond motifs is 3. The van der Waals surface area contributed by atoms with E-state index in [4.69, 9.17) is 4.37 Å². The molecule has 2 amide bonds. The molecule has 8 rings (SSSR count). The number of carbonyl (C=O) groups excluding carboxylic acids is 2. The SMILES string of the molecule is O=C1CC2(CC3CCC2CC3)C(=O)N1CC1CCCCC1CN1CCN(c2nsc3ccccc23)CC1. The Hall–Kier alpha value is -1.99. The maximum Gasteiger partial charge on any atom is 0.236 e. The normalized spacial score (nSPS) is 34.8. The summed E-state index contributed by atoms with van der Waals surface area (Å²) in [5.41, 5.74) is -0.335. The number of hydrogen-bond acceptors (Lipinski definition) is 6. The minimum absolute atomic E-state index is 0.131. The van der Waals surface area contributed by atoms with Crippen molar-refractivity contribution in [2.75, 3.05) is 44.2 Å². The summed E-state index contributed by atoms with van der Waals surface area (Å²) in [4.78, 5) is 33.8. The summed E-state index contributed by atoms with van der Waals surface area (Å²) >= 11 is 1.60. The van der Waals surface area contributed by atoms with Crippen molar-refractivity contribution in [1.29, 1.82) is 0 Å². The molecule has 37 heavy (non-hydrogen) atoms. The third-order valence-electron chi connectivity index (χ3n) is 10.7. The van der Waals surface area contributed by atoms with Gasteiger partial charge in [0.15, 0.2) is 0 Å². The van der Waals surface area contributed by atoms with Gasteiger partial charge in [0.05, 0.1) is 10.1 Å². The van der Waals surface area contributed by atoms with Crippen LogP contribution < -0.4 is 4.90 Å². The summed E-state index contributed by atoms with van der Waals surface area (Å²) in [6, 6.07) is 8.55. The predicted octanol–water partition coefficient (Wildman–Crippen LogP) is 5.18. The van der Waals surface area contributed by atoms with Crippen LogP contribution in [0.15, 0.2) is 24.3 Å². The van der Waals surface area contributed by atoms with E-state index in [2.05, 4.69) is 34.1 Å². The van der Waals surface area contributed by atoms with Crippen LogP contribution in [0.3, 0.4) is 0 Å². The number of benzene rings is 1. The molecule has 3 atom stereocenters. The molecule has 1 spiro atoms. The Labute approximate surface area is 224 Å². The Kier molecular flexibility index (Phi) is 6.27. The number of imide groups is 1. The second kappa shape index (κ2) is 9.64. The highest BCUT2D eigenvalue weighted by molar-refractivity contribution is 7.13. The first-order valence-electron chi connectivity index (χ1n) is 14.8. The van der Waals surface area contributed by atoms with Crippen LogP contribution in [0.4, 0.5) is 5.82 Å². The number of anilines is 1. The molecule has 198 valence electrons. The van der Waals surface area contributed by atoms with Crippen LogP contribution in [-0.4, -0.2) is 65.3 Å². The topological polar surface area (TPSA) is 56.8 Å². The van der Waals surface area contributed by atoms with Crippen LogP contribution >= 0.6 is 11.5 Å². The van der Waals surface area contributed by atoms with Gasteiger partial charge in [-0.25, -0.2) is 0 Å². The van der Waals surface area contributed by atoms with E-state index in [9.17, 15) is 9.59 Å². The molecule has 4 aliphatic carbocycles. The predicted molar refractivity (Wildman–Crippen MR) is 148 cm³/mol. The lowest BCUT2D eigenvalue weighted by atomic mass is 9.55. The van der Waals surface area contributed by atoms with Crippen molar-refractivity contribution in [2.24, 2.45) is 29.1 Å². The molecule has 6 aliphatic rings. The van der Waals surface area contributed by atoms with Crippen molar-refractivity contribution in [2.45, 2.75) is 64.2 Å². The number of aromatic nitrogens is 1. The molecule has 1 aromatic carbocycles. The van der Waals surface area contributed by atoms with E-state index in [1.54, 1.807) is 16.4 Å². The Morgan fingerprint density at radius 1 is 0.892 bits per heavy atom. The first kappa shape index (κ1) is 24.1. The number of piperazine rings is 1. The van der Waals surface area contributed by atoms with Crippen molar-refractivity contribution in [1.82, 2.24) is 14.2 Å². The summed E-state index contributed by atoms with van der Waals surface area (Å²) in [7, 11) is 0. The molecule has 2 bridgehead atoms. The lowest BCUT2D eigenvalue weighted by Crippen LogP contribution is -2.50. The average Bonchev–Trinajstić information content (AvgIpc) is 3.46. The van der Waals surface area contributed by atoms with Crippen LogP contribution in [0.5, 0.6) is 0 Å². The summed E-state index contributed by atoms with van der Waals surface area (Å²) in [6.45, 7) is 5.92. The van der Waals surface area contributed by atoms with Gasteiger partial charge in [0.2, 0.25) is 11.8 Å². The first-order chi connectivity index (χ1) is 18.1. The number of likely N-dealkylation sites (tertiary alicyclic amines) is 1. The van der Waals surface area contributed by atoms with Gasteiger partial charge >= 0.3 is 0 Å². The number of amides is 2. The van der Waals surface area contributed by atoms with Gasteiger partial charge in [-0.15, -0.1) is 0 Å². The highest BCUT2D eigenvalue weighted by Crippen LogP contribution is 2.57. The number of nitrogens with zero attached hydrogens (tertiary/aromatic N) is 4. The zero-order valence-electron chi connectivity index (χ0n) is 21.9. The molecule has 2 aliphatic heterocycles. The summed E-state index contributed by atoms with van der Waals surface area (Å²) < 4.78 is 6.04. The Bertz CT molecular complexity index is 1170. The van der Waals surface area contributed by atoms with E-state index < -0.39 is 0 Å². The maximum atomic E-state index is 13.8. The van der Waals surface area contributed by atoms with Crippen molar-refractivity contribution >= 4 is 39.3 Å². The van der Waals surface area contributed by atoms with Crippen molar-refractivity contribution in [3.05, 3.63) is 24.3 Å². The minimum Gasteiger partial charge on any atom is -0.353 e. The Morgan fingerprint density at radius 2 is 1.62 bits per heavy atom. The Balaban J connectivity index is 0.988. The van der Waals surface area contributed by atoms with Gasteiger partial charge in [-0.1, -0.05) is 37.8 Å². The zero-order valence-corrected chi connectivity index (χ0v) is 22.8. The van der Waals surface area contributed by atoms with Gasteiger partial charge in [0, 0.05) is 51.1 Å². The molecule has 7 heteroatoms. The molecular formula is C30H40N4O2S. The van der Waals surface area contributed by atoms with Crippen LogP contribution in [0.25, 0.3) is 10.1 Å². The molecule has 4 saturated carbocycles. The second-order valence-corrected chi connectivity index (χ2v) is 13.5. The Morgan fingerprint density at radius 3 is 2.35 bits per heavy atom. The molecule has 0 radical (unpaired) electrons. The minimum atomic E-state index is -0.335. The first-order valence-corrected chi connectivity index (χ1v) is 15.5. The molecule has 3 heterocycles. The fourth-order valence-corrected chi connectivity index (χ4v) is 9.46. The van der Waals surface area contributed by atoms with Gasteiger partial charge in [-0.3, -0.25) is 19.4 Å². The van der Waals surface area contributed by atoms with Crippen LogP contribution in [-0.2, 0) is 9.59 Å². The summed E-state index contributed by atoms with van der Waals surface area (Å²) in [5, 5.41) is 1.28. The number of hydrogen-bond donors (Lipinski definition) is 0. The van der Waals surface area contributed by atoms with E-state index in [1.165, 1.54) is 42.2 Å². The summed E-state index contributed by atoms with van der Waals surface area (Å²) in [6.07, 6.45) is 11.2. The van der Waals surface area contributed by atoms with Crippen molar-refractivity contribution in [3.8, 4) is 0 Å². The largest absolute Gasteiger partial charge is 0.353 e. The molecular weight excluding hydrogens is 480 g/mol. The molecule has 0 N–H and O–H groups in total. The van der Waals surface area contributed by atoms with Gasteiger partial charge in [0.25, 0.3) is 0 Å². The molecule has 3 unspecified atom stereocenters. The molecule has 1 aromatic heterocycles. The smallest absolute Gasteiger partial charge is 0.236 e. The fourth-order valence-electron chi connectivity index (χ4n) is 8.66. The molecule has 2 saturated heterocycles. The van der Waals surface area contributed by atoms with Gasteiger partial charge in [-0.05, 0) is 79.4 Å². The van der Waals surface area contributed by atoms with Gasteiger partial charge < -0.3 is 4.90 Å². The van der Waals surface area contributed by atoms with Crippen molar-refractivity contribution < 1.29 is 9.59 Å². The average molecular weight is 521 g/mol. The standard InChI is InChI=1S/C30H40N4O2S/c35-27-18-30(17-21-9-11-24(30)12-10-21)29(36)34(27)20-23-6-2-1-5-22(23)19-32-13-15-33(16-14-32)28-25-7-3-4-8-26(25)37-31-28/h3-4,7-8,21-24H,1-2,5-6,9-20H2. The monoisotopic (exact) mass is 520 g/mol. The number of carbonyl (C=O) groups is 2. The van der Waals surface area contributed by atoms with E-state index in [0.29, 0.717) is 36.6 Å². The zero-order chi connectivity index (χ0) is 25.0. The maximum absolute atomic E-state index is 13.8. The third-order valence-corrected chi connectivity index (χ3v) is 11.5. The number of rotatable bonds is 5. The van der Waals surface area contributed by atoms with E-state index in [-0.39, 0.29) is 17.2 Å². The highest BCUT2D eigenvalue weighted by Gasteiger charge is 2.59. The van der Waals surface area contributed by atoms with Crippen LogP contribution in [0.2, 0.25) is 0 Å². The molecule has 6 fully saturated rings. The van der Waals surface area contributed by atoms with Crippen molar-refractivity contribution in [3.63, 3.8) is 0 Å². The quantitative estimate of drug-likeness (QED) is 0.509. The summed E-state index contributed by atoms with van der Waals surface area (Å²) in [5.74, 6) is 3.65. The van der Waals surface area contributed by atoms with E-state index in [0.717, 1.165) is 64.2 Å². The molecule has 2 aromatic rings. The third kappa shape index (κ3) is 4.21. The van der Waals surface area contributed by atoms with Gasteiger partial charge in [-0.2, -0.15) is 4.37 Å². The van der Waals surface area contributed by atoms with E-state index >= 15 is 0 Å². The second-order valence-electron chi connectivity index (χ2n) is 12.7. The highest BCUT2D eigenvalue weighted by atomic mass is 32.1. The van der Waals surface area contributed by atoms with Crippen LogP contribution in [0.1, 0.15) is 64.2 Å². The lowest BCUT2D eigenvalue weighted by Gasteiger charge is -2.48. The molecule has 6 nitrogen and oxygen atoms in total. The fraction of sp³-hybridized carbons (Fsp3) is 0.700. The van der Waals surface area contributed by atoms with Gasteiger partial charge in [0.1, 0.15) is 5.82 Å². The lowest BCUT2D eigenvalue weighted by molar-refractivity contribution is -0.148. The van der Waals surface area contributed by atoms with E-state index in [1.807, 2.05) is 0 Å². The van der Waals surface area contributed by atoms with Crippen LogP contribution in [0, 0.1) is 29.1 Å².